The Hall–Kier alpha value is -0.130. The summed E-state index contributed by atoms with van der Waals surface area (Å²) in [5.41, 5.74) is 0. The average molecular weight is 266 g/mol. The summed E-state index contributed by atoms with van der Waals surface area (Å²) in [7, 11) is -1.65. The maximum Gasteiger partial charge on any atom is 0.264 e. The molecule has 104 valence electrons. The van der Waals surface area contributed by atoms with Crippen molar-refractivity contribution < 1.29 is 17.3 Å². The number of methoxy groups -OCH3 is 1. The Kier molecular flexibility index (Phi) is 9.78. The van der Waals surface area contributed by atoms with Gasteiger partial charge in [0.15, 0.2) is 0 Å². The molecule has 0 spiro atoms. The highest BCUT2D eigenvalue weighted by atomic mass is 32.2. The van der Waals surface area contributed by atoms with Crippen LogP contribution in [-0.4, -0.2) is 34.5 Å². The Bertz CT molecular complexity index is 262. The quantitative estimate of drug-likeness (QED) is 0.426. The standard InChI is InChI=1S/C12H26O4S/c1-4-5-6-7-8-9-12(15-2)10-11-16-17(3,13)14/h12H,4-11H2,1-3H3/t12-/m1/s1. The number of hydrogen-bond acceptors (Lipinski definition) is 4. The Morgan fingerprint density at radius 2 is 1.71 bits per heavy atom. The monoisotopic (exact) mass is 266 g/mol. The highest BCUT2D eigenvalue weighted by molar-refractivity contribution is 7.85. The topological polar surface area (TPSA) is 52.6 Å². The zero-order chi connectivity index (χ0) is 13.1. The molecule has 1 atom stereocenters. The minimum Gasteiger partial charge on any atom is -0.381 e. The minimum absolute atomic E-state index is 0.110. The number of rotatable bonds is 11. The van der Waals surface area contributed by atoms with Crippen LogP contribution in [0.2, 0.25) is 0 Å². The van der Waals surface area contributed by atoms with Crippen LogP contribution in [0.1, 0.15) is 51.9 Å². The van der Waals surface area contributed by atoms with Crippen LogP contribution in [0.25, 0.3) is 0 Å². The first-order chi connectivity index (χ1) is 7.99. The van der Waals surface area contributed by atoms with Crippen LogP contribution in [0.15, 0.2) is 0 Å². The van der Waals surface area contributed by atoms with Gasteiger partial charge in [-0.25, -0.2) is 0 Å². The molecule has 0 saturated heterocycles. The van der Waals surface area contributed by atoms with E-state index >= 15 is 0 Å². The van der Waals surface area contributed by atoms with Crippen molar-refractivity contribution in [1.29, 1.82) is 0 Å². The van der Waals surface area contributed by atoms with Crippen LogP contribution < -0.4 is 0 Å². The first kappa shape index (κ1) is 16.9. The third kappa shape index (κ3) is 12.1. The summed E-state index contributed by atoms with van der Waals surface area (Å²) < 4.78 is 31.5. The van der Waals surface area contributed by atoms with Gasteiger partial charge in [0, 0.05) is 7.11 Å². The molecule has 17 heavy (non-hydrogen) atoms. The van der Waals surface area contributed by atoms with Crippen molar-refractivity contribution in [2.45, 2.75) is 58.0 Å². The molecule has 0 N–H and O–H groups in total. The van der Waals surface area contributed by atoms with E-state index in [1.54, 1.807) is 7.11 Å². The molecule has 0 fully saturated rings. The van der Waals surface area contributed by atoms with E-state index in [2.05, 4.69) is 6.92 Å². The second-order valence-corrected chi connectivity index (χ2v) is 6.02. The van der Waals surface area contributed by atoms with Gasteiger partial charge in [0.1, 0.15) is 0 Å². The first-order valence-corrected chi connectivity index (χ1v) is 8.18. The van der Waals surface area contributed by atoms with Gasteiger partial charge in [0.25, 0.3) is 10.1 Å². The van der Waals surface area contributed by atoms with Gasteiger partial charge in [-0.2, -0.15) is 8.42 Å². The van der Waals surface area contributed by atoms with Crippen LogP contribution in [0.5, 0.6) is 0 Å². The third-order valence-electron chi connectivity index (χ3n) is 2.70. The summed E-state index contributed by atoms with van der Waals surface area (Å²) in [5.74, 6) is 0. The first-order valence-electron chi connectivity index (χ1n) is 6.36. The van der Waals surface area contributed by atoms with Gasteiger partial charge in [0.2, 0.25) is 0 Å². The minimum atomic E-state index is -3.32. The lowest BCUT2D eigenvalue weighted by Crippen LogP contribution is -2.15. The highest BCUT2D eigenvalue weighted by Gasteiger charge is 2.09. The van der Waals surface area contributed by atoms with Gasteiger partial charge in [-0.3, -0.25) is 4.18 Å². The van der Waals surface area contributed by atoms with Crippen LogP contribution >= 0.6 is 0 Å². The van der Waals surface area contributed by atoms with Crippen molar-refractivity contribution >= 4 is 10.1 Å². The lowest BCUT2D eigenvalue weighted by molar-refractivity contribution is 0.0734. The average Bonchev–Trinajstić information content (AvgIpc) is 2.25. The lowest BCUT2D eigenvalue weighted by Gasteiger charge is -2.14. The van der Waals surface area contributed by atoms with E-state index in [1.807, 2.05) is 0 Å². The summed E-state index contributed by atoms with van der Waals surface area (Å²) in [4.78, 5) is 0. The van der Waals surface area contributed by atoms with Crippen LogP contribution in [0.3, 0.4) is 0 Å². The van der Waals surface area contributed by atoms with Crippen molar-refractivity contribution in [2.75, 3.05) is 20.0 Å². The molecule has 0 unspecified atom stereocenters. The Balaban J connectivity index is 3.56. The Morgan fingerprint density at radius 3 is 2.24 bits per heavy atom. The van der Waals surface area contributed by atoms with Gasteiger partial charge in [-0.1, -0.05) is 39.0 Å². The fourth-order valence-corrected chi connectivity index (χ4v) is 2.09. The molecule has 0 saturated carbocycles. The van der Waals surface area contributed by atoms with Gasteiger partial charge in [-0.05, 0) is 12.8 Å². The molecule has 0 amide bonds. The summed E-state index contributed by atoms with van der Waals surface area (Å²) >= 11 is 0. The van der Waals surface area contributed by atoms with Crippen LogP contribution in [0, 0.1) is 0 Å². The fourth-order valence-electron chi connectivity index (χ4n) is 1.69. The Labute approximate surface area is 106 Å². The summed E-state index contributed by atoms with van der Waals surface area (Å²) in [6.45, 7) is 2.41. The SMILES string of the molecule is CCCCCCC[C@H](CCOS(C)(=O)=O)OC. The number of ether oxygens (including phenoxy) is 1. The predicted molar refractivity (Wildman–Crippen MR) is 69.6 cm³/mol. The molecule has 0 rings (SSSR count). The van der Waals surface area contributed by atoms with Crippen molar-refractivity contribution in [3.63, 3.8) is 0 Å². The van der Waals surface area contributed by atoms with Gasteiger partial charge in [-0.15, -0.1) is 0 Å². The number of hydrogen-bond donors (Lipinski definition) is 0. The molecule has 0 aliphatic heterocycles. The molecule has 4 nitrogen and oxygen atoms in total. The molecule has 0 aromatic heterocycles. The van der Waals surface area contributed by atoms with E-state index in [0.29, 0.717) is 6.42 Å². The highest BCUT2D eigenvalue weighted by Crippen LogP contribution is 2.11. The zero-order valence-corrected chi connectivity index (χ0v) is 12.1. The van der Waals surface area contributed by atoms with Crippen molar-refractivity contribution in [1.82, 2.24) is 0 Å². The summed E-state index contributed by atoms with van der Waals surface area (Å²) in [6, 6.07) is 0. The molecule has 0 radical (unpaired) electrons. The molecule has 0 heterocycles. The molecule has 0 aliphatic rings. The van der Waals surface area contributed by atoms with E-state index in [-0.39, 0.29) is 12.7 Å². The maximum absolute atomic E-state index is 10.8. The number of unbranched alkanes of at least 4 members (excludes halogenated alkanes) is 4. The second-order valence-electron chi connectivity index (χ2n) is 4.38. The van der Waals surface area contributed by atoms with Gasteiger partial charge in [0.05, 0.1) is 19.0 Å². The molecular weight excluding hydrogens is 240 g/mol. The smallest absolute Gasteiger partial charge is 0.264 e. The van der Waals surface area contributed by atoms with Crippen LogP contribution in [-0.2, 0) is 19.0 Å². The third-order valence-corrected chi connectivity index (χ3v) is 3.30. The largest absolute Gasteiger partial charge is 0.381 e. The van der Waals surface area contributed by atoms with E-state index < -0.39 is 10.1 Å². The Morgan fingerprint density at radius 1 is 1.06 bits per heavy atom. The fraction of sp³-hybridized carbons (Fsp3) is 1.00. The van der Waals surface area contributed by atoms with E-state index in [4.69, 9.17) is 8.92 Å². The predicted octanol–water partition coefficient (Wildman–Crippen LogP) is 2.73. The second kappa shape index (κ2) is 9.85. The lowest BCUT2D eigenvalue weighted by atomic mass is 10.1. The summed E-state index contributed by atoms with van der Waals surface area (Å²) in [5, 5.41) is 0. The zero-order valence-electron chi connectivity index (χ0n) is 11.3. The molecule has 5 heteroatoms. The molecule has 0 aromatic carbocycles. The maximum atomic E-state index is 10.8. The van der Waals surface area contributed by atoms with Crippen molar-refractivity contribution in [3.05, 3.63) is 0 Å². The molecule has 0 aromatic rings. The normalized spacial score (nSPS) is 13.8. The van der Waals surface area contributed by atoms with Gasteiger partial charge >= 0.3 is 0 Å². The van der Waals surface area contributed by atoms with E-state index in [1.165, 1.54) is 25.7 Å². The van der Waals surface area contributed by atoms with Crippen LogP contribution in [0.4, 0.5) is 0 Å². The molecule has 0 aliphatic carbocycles. The van der Waals surface area contributed by atoms with E-state index in [0.717, 1.165) is 19.1 Å². The molecule has 0 bridgehead atoms. The van der Waals surface area contributed by atoms with Crippen molar-refractivity contribution in [2.24, 2.45) is 0 Å². The summed E-state index contributed by atoms with van der Waals surface area (Å²) in [6.07, 6.45) is 8.96. The van der Waals surface area contributed by atoms with Crippen molar-refractivity contribution in [3.8, 4) is 0 Å². The molecular formula is C12H26O4S. The van der Waals surface area contributed by atoms with E-state index in [9.17, 15) is 8.42 Å². The van der Waals surface area contributed by atoms with Gasteiger partial charge < -0.3 is 4.74 Å².